The molecule has 3 N–H and O–H groups in total. The van der Waals surface area contributed by atoms with Crippen molar-refractivity contribution in [1.29, 1.82) is 0 Å². The highest BCUT2D eigenvalue weighted by Crippen LogP contribution is 2.41. The molecule has 2 aromatic carbocycles. The Hall–Kier alpha value is -3.27. The van der Waals surface area contributed by atoms with Gasteiger partial charge in [-0.1, -0.05) is 12.1 Å². The summed E-state index contributed by atoms with van der Waals surface area (Å²) in [4.78, 5) is 24.1. The number of amides is 2. The zero-order valence-electron chi connectivity index (χ0n) is 18.4. The zero-order valence-corrected chi connectivity index (χ0v) is 19.3. The van der Waals surface area contributed by atoms with Crippen molar-refractivity contribution in [3.8, 4) is 11.5 Å². The van der Waals surface area contributed by atoms with Crippen LogP contribution in [0.2, 0.25) is 0 Å². The van der Waals surface area contributed by atoms with Crippen LogP contribution in [0.1, 0.15) is 36.7 Å². The molecule has 0 unspecified atom stereocenters. The van der Waals surface area contributed by atoms with Crippen LogP contribution in [0.3, 0.4) is 0 Å². The molecule has 2 aromatic rings. The number of fused-ring (bicyclic) bond motifs is 1. The van der Waals surface area contributed by atoms with Crippen LogP contribution in [0.5, 0.6) is 11.5 Å². The number of rotatable bonds is 8. The van der Waals surface area contributed by atoms with Crippen molar-refractivity contribution >= 4 is 33.2 Å². The van der Waals surface area contributed by atoms with E-state index in [1.807, 2.05) is 32.0 Å². The standard InChI is InChI=1S/C22H27N3O6S/c1-14(26)24-16-8-9-18(25-32(4,28)29)17(12-16)21(27)23-10-11-30-19-7-5-6-15-13-22(2,3)31-20(15)19/h5-9,12,25H,10-11,13H2,1-4H3,(H,23,27)(H,24,26). The van der Waals surface area contributed by atoms with Gasteiger partial charge in [0.1, 0.15) is 12.2 Å². The minimum atomic E-state index is -3.60. The van der Waals surface area contributed by atoms with Gasteiger partial charge in [-0.05, 0) is 38.1 Å². The second kappa shape index (κ2) is 9.07. The minimum absolute atomic E-state index is 0.0763. The van der Waals surface area contributed by atoms with Gasteiger partial charge in [0.2, 0.25) is 15.9 Å². The summed E-state index contributed by atoms with van der Waals surface area (Å²) in [6.07, 6.45) is 1.78. The third-order valence-corrected chi connectivity index (χ3v) is 5.17. The SMILES string of the molecule is CC(=O)Nc1ccc(NS(C)(=O)=O)c(C(=O)NCCOc2cccc3c2OC(C)(C)C3)c1. The smallest absolute Gasteiger partial charge is 0.253 e. The van der Waals surface area contributed by atoms with E-state index in [9.17, 15) is 18.0 Å². The topological polar surface area (TPSA) is 123 Å². The second-order valence-corrected chi connectivity index (χ2v) is 9.95. The lowest BCUT2D eigenvalue weighted by Crippen LogP contribution is -2.29. The van der Waals surface area contributed by atoms with E-state index >= 15 is 0 Å². The Morgan fingerprint density at radius 3 is 2.62 bits per heavy atom. The number of ether oxygens (including phenoxy) is 2. The number of carbonyl (C=O) groups excluding carboxylic acids is 2. The van der Waals surface area contributed by atoms with E-state index in [0.29, 0.717) is 17.2 Å². The summed E-state index contributed by atoms with van der Waals surface area (Å²) in [6, 6.07) is 10.0. The Kier molecular flexibility index (Phi) is 6.63. The molecule has 0 bridgehead atoms. The van der Waals surface area contributed by atoms with Crippen LogP contribution >= 0.6 is 0 Å². The van der Waals surface area contributed by atoms with Gasteiger partial charge in [0.15, 0.2) is 11.5 Å². The van der Waals surface area contributed by atoms with Crippen molar-refractivity contribution in [3.63, 3.8) is 0 Å². The molecule has 9 nitrogen and oxygen atoms in total. The molecule has 1 aliphatic heterocycles. The molecule has 0 radical (unpaired) electrons. The van der Waals surface area contributed by atoms with E-state index < -0.39 is 15.9 Å². The molecule has 0 aliphatic carbocycles. The van der Waals surface area contributed by atoms with Crippen LogP contribution in [0.4, 0.5) is 11.4 Å². The molecule has 1 aliphatic rings. The maximum Gasteiger partial charge on any atom is 0.253 e. The summed E-state index contributed by atoms with van der Waals surface area (Å²) in [5.41, 5.74) is 1.34. The molecule has 172 valence electrons. The third kappa shape index (κ3) is 6.13. The Balaban J connectivity index is 1.66. The van der Waals surface area contributed by atoms with Gasteiger partial charge in [0.05, 0.1) is 24.1 Å². The largest absolute Gasteiger partial charge is 0.488 e. The van der Waals surface area contributed by atoms with Crippen molar-refractivity contribution in [1.82, 2.24) is 5.32 Å². The van der Waals surface area contributed by atoms with Gasteiger partial charge in [-0.2, -0.15) is 0 Å². The molecule has 3 rings (SSSR count). The Labute approximate surface area is 187 Å². The van der Waals surface area contributed by atoms with Gasteiger partial charge in [-0.3, -0.25) is 14.3 Å². The summed E-state index contributed by atoms with van der Waals surface area (Å²) in [5, 5.41) is 5.28. The van der Waals surface area contributed by atoms with Gasteiger partial charge in [0, 0.05) is 24.6 Å². The fraction of sp³-hybridized carbons (Fsp3) is 0.364. The fourth-order valence-electron chi connectivity index (χ4n) is 3.42. The van der Waals surface area contributed by atoms with Gasteiger partial charge in [-0.25, -0.2) is 8.42 Å². The maximum atomic E-state index is 12.7. The molecule has 0 fully saturated rings. The van der Waals surface area contributed by atoms with Crippen LogP contribution in [-0.4, -0.2) is 45.2 Å². The van der Waals surface area contributed by atoms with Crippen LogP contribution in [0.25, 0.3) is 0 Å². The molecule has 0 saturated carbocycles. The van der Waals surface area contributed by atoms with Crippen molar-refractivity contribution in [3.05, 3.63) is 47.5 Å². The molecule has 1 heterocycles. The normalized spacial score (nSPS) is 14.1. The van der Waals surface area contributed by atoms with Crippen molar-refractivity contribution in [2.24, 2.45) is 0 Å². The molecule has 0 spiro atoms. The second-order valence-electron chi connectivity index (χ2n) is 8.20. The molecule has 0 aromatic heterocycles. The number of benzene rings is 2. The lowest BCUT2D eigenvalue weighted by molar-refractivity contribution is -0.114. The maximum absolute atomic E-state index is 12.7. The number of sulfonamides is 1. The quantitative estimate of drug-likeness (QED) is 0.519. The van der Waals surface area contributed by atoms with Crippen molar-refractivity contribution in [2.75, 3.05) is 29.4 Å². The zero-order chi connectivity index (χ0) is 23.5. The predicted octanol–water partition coefficient (Wildman–Crippen LogP) is 2.54. The highest BCUT2D eigenvalue weighted by Gasteiger charge is 2.32. The summed E-state index contributed by atoms with van der Waals surface area (Å²) in [5.74, 6) is 0.498. The average molecular weight is 462 g/mol. The van der Waals surface area contributed by atoms with Crippen molar-refractivity contribution < 1.29 is 27.5 Å². The van der Waals surface area contributed by atoms with E-state index in [0.717, 1.165) is 18.2 Å². The first kappa shape index (κ1) is 23.4. The summed E-state index contributed by atoms with van der Waals surface area (Å²) in [6.45, 7) is 5.72. The summed E-state index contributed by atoms with van der Waals surface area (Å²) in [7, 11) is -3.60. The molecule has 32 heavy (non-hydrogen) atoms. The Morgan fingerprint density at radius 1 is 1.19 bits per heavy atom. The minimum Gasteiger partial charge on any atom is -0.488 e. The van der Waals surface area contributed by atoms with E-state index in [1.54, 1.807) is 0 Å². The third-order valence-electron chi connectivity index (χ3n) is 4.58. The number of hydrogen-bond donors (Lipinski definition) is 3. The first-order chi connectivity index (χ1) is 14.9. The molecule has 10 heteroatoms. The van der Waals surface area contributed by atoms with Crippen LogP contribution in [0.15, 0.2) is 36.4 Å². The van der Waals surface area contributed by atoms with Crippen LogP contribution in [-0.2, 0) is 21.2 Å². The lowest BCUT2D eigenvalue weighted by atomic mass is 10.0. The van der Waals surface area contributed by atoms with Gasteiger partial charge in [0.25, 0.3) is 5.91 Å². The molecule has 0 atom stereocenters. The van der Waals surface area contributed by atoms with E-state index in [1.165, 1.54) is 25.1 Å². The van der Waals surface area contributed by atoms with Gasteiger partial charge in [-0.15, -0.1) is 0 Å². The fourth-order valence-corrected chi connectivity index (χ4v) is 4.00. The molecule has 2 amide bonds. The Morgan fingerprint density at radius 2 is 1.94 bits per heavy atom. The average Bonchev–Trinajstić information content (AvgIpc) is 2.99. The number of anilines is 2. The number of hydrogen-bond acceptors (Lipinski definition) is 6. The van der Waals surface area contributed by atoms with E-state index in [2.05, 4.69) is 15.4 Å². The highest BCUT2D eigenvalue weighted by atomic mass is 32.2. The molecular formula is C22H27N3O6S. The van der Waals surface area contributed by atoms with E-state index in [-0.39, 0.29) is 35.9 Å². The summed E-state index contributed by atoms with van der Waals surface area (Å²) >= 11 is 0. The van der Waals surface area contributed by atoms with E-state index in [4.69, 9.17) is 9.47 Å². The first-order valence-corrected chi connectivity index (χ1v) is 11.9. The van der Waals surface area contributed by atoms with Crippen LogP contribution < -0.4 is 24.8 Å². The Bertz CT molecular complexity index is 1140. The number of carbonyl (C=O) groups is 2. The molecular weight excluding hydrogens is 434 g/mol. The van der Waals surface area contributed by atoms with Gasteiger partial charge >= 0.3 is 0 Å². The number of para-hydroxylation sites is 1. The van der Waals surface area contributed by atoms with Gasteiger partial charge < -0.3 is 20.1 Å². The van der Waals surface area contributed by atoms with Crippen molar-refractivity contribution in [2.45, 2.75) is 32.8 Å². The highest BCUT2D eigenvalue weighted by molar-refractivity contribution is 7.92. The first-order valence-electron chi connectivity index (χ1n) is 10.0. The lowest BCUT2D eigenvalue weighted by Gasteiger charge is -2.18. The molecule has 0 saturated heterocycles. The predicted molar refractivity (Wildman–Crippen MR) is 122 cm³/mol. The van der Waals surface area contributed by atoms with Crippen LogP contribution in [0, 0.1) is 0 Å². The summed E-state index contributed by atoms with van der Waals surface area (Å²) < 4.78 is 37.4. The monoisotopic (exact) mass is 461 g/mol. The number of nitrogens with one attached hydrogen (secondary N) is 3.